The van der Waals surface area contributed by atoms with E-state index in [9.17, 15) is 14.7 Å². The molecule has 1 unspecified atom stereocenters. The highest BCUT2D eigenvalue weighted by Crippen LogP contribution is 2.37. The first-order chi connectivity index (χ1) is 11.2. The lowest BCUT2D eigenvalue weighted by Crippen LogP contribution is -2.52. The minimum absolute atomic E-state index is 0.0394. The number of rotatable bonds is 4. The number of ether oxygens (including phenoxy) is 1. The van der Waals surface area contributed by atoms with Gasteiger partial charge in [0.15, 0.2) is 14.1 Å². The Morgan fingerprint density at radius 3 is 2.28 bits per heavy atom. The van der Waals surface area contributed by atoms with Gasteiger partial charge in [0.2, 0.25) is 0 Å². The molecule has 144 valence electrons. The van der Waals surface area contributed by atoms with E-state index in [2.05, 4.69) is 33.9 Å². The average molecular weight is 372 g/mol. The van der Waals surface area contributed by atoms with E-state index in [1.54, 1.807) is 26.8 Å². The maximum atomic E-state index is 12.5. The number of hydrogen-bond donors (Lipinski definition) is 1. The van der Waals surface area contributed by atoms with E-state index in [-0.39, 0.29) is 30.6 Å². The number of hydrogen-bond acceptors (Lipinski definition) is 5. The molecule has 1 aliphatic heterocycles. The maximum Gasteiger partial charge on any atom is 0.411 e. The number of nitrogens with zero attached hydrogens (tertiary/aromatic N) is 1. The van der Waals surface area contributed by atoms with Crippen LogP contribution >= 0.6 is 0 Å². The van der Waals surface area contributed by atoms with Gasteiger partial charge in [0.05, 0.1) is 25.8 Å². The van der Waals surface area contributed by atoms with Crippen LogP contribution in [0.5, 0.6) is 0 Å². The summed E-state index contributed by atoms with van der Waals surface area (Å²) in [6.07, 6.45) is 1.08. The van der Waals surface area contributed by atoms with Crippen molar-refractivity contribution in [2.24, 2.45) is 0 Å². The molecular weight excluding hydrogens is 338 g/mol. The molecule has 1 amide bonds. The largest absolute Gasteiger partial charge is 0.444 e. The number of Topliss-reactive ketones (excluding diaryl/α,β-unsaturated/α-hetero) is 1. The van der Waals surface area contributed by atoms with Crippen LogP contribution in [-0.2, 0) is 14.0 Å². The van der Waals surface area contributed by atoms with Crippen molar-refractivity contribution in [3.63, 3.8) is 0 Å². The van der Waals surface area contributed by atoms with Gasteiger partial charge in [0.25, 0.3) is 0 Å². The van der Waals surface area contributed by atoms with E-state index in [0.29, 0.717) is 5.57 Å². The predicted octanol–water partition coefficient (Wildman–Crippen LogP) is 3.12. The fourth-order valence-corrected chi connectivity index (χ4v) is 3.12. The topological polar surface area (TPSA) is 76.1 Å². The third kappa shape index (κ3) is 5.93. The molecule has 0 aromatic carbocycles. The number of amides is 1. The molecule has 0 aromatic rings. The highest BCUT2D eigenvalue weighted by Gasteiger charge is 2.40. The van der Waals surface area contributed by atoms with Gasteiger partial charge in [-0.1, -0.05) is 26.8 Å². The Morgan fingerprint density at radius 2 is 1.84 bits per heavy atom. The summed E-state index contributed by atoms with van der Waals surface area (Å²) in [6, 6.07) is -0.427. The molecule has 1 N–H and O–H groups in total. The Kier molecular flexibility index (Phi) is 6.64. The Balaban J connectivity index is 3.01. The first kappa shape index (κ1) is 21.9. The molecule has 0 radical (unpaired) electrons. The molecule has 1 aliphatic rings. The van der Waals surface area contributed by atoms with Crippen molar-refractivity contribution in [2.45, 2.75) is 71.3 Å². The van der Waals surface area contributed by atoms with Gasteiger partial charge >= 0.3 is 6.09 Å². The lowest BCUT2D eigenvalue weighted by atomic mass is 10.0. The normalized spacial score (nSPS) is 19.7. The lowest BCUT2D eigenvalue weighted by Gasteiger charge is -2.40. The molecule has 6 nitrogen and oxygen atoms in total. The van der Waals surface area contributed by atoms with Gasteiger partial charge in [-0.15, -0.1) is 0 Å². The summed E-state index contributed by atoms with van der Waals surface area (Å²) < 4.78 is 11.6. The Labute approximate surface area is 152 Å². The number of carbonyl (C=O) groups is 2. The van der Waals surface area contributed by atoms with Gasteiger partial charge in [-0.3, -0.25) is 9.69 Å². The van der Waals surface area contributed by atoms with Crippen molar-refractivity contribution in [3.05, 3.63) is 11.6 Å². The van der Waals surface area contributed by atoms with Gasteiger partial charge in [-0.05, 0) is 38.9 Å². The lowest BCUT2D eigenvalue weighted by molar-refractivity contribution is -0.118. The molecule has 0 aliphatic carbocycles. The van der Waals surface area contributed by atoms with Crippen LogP contribution in [0, 0.1) is 0 Å². The van der Waals surface area contributed by atoms with Gasteiger partial charge in [0.1, 0.15) is 5.60 Å². The van der Waals surface area contributed by atoms with E-state index < -0.39 is 26.1 Å². The zero-order chi connectivity index (χ0) is 19.6. The van der Waals surface area contributed by atoms with E-state index in [4.69, 9.17) is 9.16 Å². The van der Waals surface area contributed by atoms with Gasteiger partial charge < -0.3 is 14.3 Å². The molecule has 1 atom stereocenters. The van der Waals surface area contributed by atoms with E-state index in [1.807, 2.05) is 0 Å². The molecule has 0 aromatic heterocycles. The summed E-state index contributed by atoms with van der Waals surface area (Å²) in [5.41, 5.74) is -0.324. The quantitative estimate of drug-likeness (QED) is 0.769. The zero-order valence-corrected chi connectivity index (χ0v) is 17.8. The van der Waals surface area contributed by atoms with Crippen molar-refractivity contribution in [1.82, 2.24) is 4.90 Å². The minimum atomic E-state index is -2.00. The zero-order valence-electron chi connectivity index (χ0n) is 16.8. The second-order valence-corrected chi connectivity index (χ2v) is 13.8. The first-order valence-electron chi connectivity index (χ1n) is 8.66. The summed E-state index contributed by atoms with van der Waals surface area (Å²) >= 11 is 0. The van der Waals surface area contributed by atoms with Crippen molar-refractivity contribution in [2.75, 3.05) is 19.8 Å². The van der Waals surface area contributed by atoms with E-state index in [0.717, 1.165) is 0 Å². The standard InChI is InChI=1S/C18H33NO5Si/c1-17(2,3)24-16(22)19-10-15(21)13(11-20)9-14(19)12-23-25(7,8)18(4,5)6/h9,14,20H,10-12H2,1-8H3. The first-order valence-corrected chi connectivity index (χ1v) is 11.6. The summed E-state index contributed by atoms with van der Waals surface area (Å²) in [4.78, 5) is 26.0. The van der Waals surface area contributed by atoms with E-state index >= 15 is 0 Å². The Hall–Kier alpha value is -1.18. The number of aliphatic hydroxyl groups excluding tert-OH is 1. The summed E-state index contributed by atoms with van der Waals surface area (Å²) in [5, 5.41) is 9.43. The number of ketones is 1. The Bertz CT molecular complexity index is 543. The molecule has 0 fully saturated rings. The molecule has 1 heterocycles. The van der Waals surface area contributed by atoms with Gasteiger partial charge in [-0.2, -0.15) is 0 Å². The maximum absolute atomic E-state index is 12.5. The minimum Gasteiger partial charge on any atom is -0.444 e. The predicted molar refractivity (Wildman–Crippen MR) is 100 cm³/mol. The molecule has 0 bridgehead atoms. The van der Waals surface area contributed by atoms with Crippen LogP contribution in [0.4, 0.5) is 4.79 Å². The Morgan fingerprint density at radius 1 is 1.28 bits per heavy atom. The third-order valence-electron chi connectivity index (χ3n) is 4.69. The van der Waals surface area contributed by atoms with Gasteiger partial charge in [-0.25, -0.2) is 4.79 Å². The van der Waals surface area contributed by atoms with Crippen molar-refractivity contribution >= 4 is 20.2 Å². The average Bonchev–Trinajstić information content (AvgIpc) is 2.42. The molecule has 0 spiro atoms. The van der Waals surface area contributed by atoms with Crippen molar-refractivity contribution in [3.8, 4) is 0 Å². The summed E-state index contributed by atoms with van der Waals surface area (Å²) in [7, 11) is -2.00. The number of carbonyl (C=O) groups excluding carboxylic acids is 2. The monoisotopic (exact) mass is 371 g/mol. The second kappa shape index (κ2) is 7.59. The summed E-state index contributed by atoms with van der Waals surface area (Å²) in [5.74, 6) is -0.267. The van der Waals surface area contributed by atoms with Crippen LogP contribution in [-0.4, -0.2) is 61.6 Å². The highest BCUT2D eigenvalue weighted by atomic mass is 28.4. The highest BCUT2D eigenvalue weighted by molar-refractivity contribution is 6.74. The smallest absolute Gasteiger partial charge is 0.411 e. The molecular formula is C18H33NO5Si. The third-order valence-corrected chi connectivity index (χ3v) is 9.19. The van der Waals surface area contributed by atoms with Crippen LogP contribution in [0.2, 0.25) is 18.1 Å². The van der Waals surface area contributed by atoms with Crippen molar-refractivity contribution in [1.29, 1.82) is 0 Å². The second-order valence-electron chi connectivity index (χ2n) is 9.02. The SMILES string of the molecule is CC(C)(C)OC(=O)N1CC(=O)C(CO)=CC1CO[Si](C)(C)C(C)(C)C. The van der Waals surface area contributed by atoms with Crippen LogP contribution in [0.1, 0.15) is 41.5 Å². The summed E-state index contributed by atoms with van der Waals surface area (Å²) in [6.45, 7) is 15.9. The fraction of sp³-hybridized carbons (Fsp3) is 0.778. The molecule has 0 saturated heterocycles. The van der Waals surface area contributed by atoms with Crippen LogP contribution < -0.4 is 0 Å². The molecule has 0 saturated carbocycles. The fourth-order valence-electron chi connectivity index (χ4n) is 2.10. The van der Waals surface area contributed by atoms with Crippen LogP contribution in [0.15, 0.2) is 11.6 Å². The number of aliphatic hydroxyl groups is 1. The van der Waals surface area contributed by atoms with Crippen molar-refractivity contribution < 1.29 is 23.9 Å². The van der Waals surface area contributed by atoms with E-state index in [1.165, 1.54) is 4.90 Å². The molecule has 1 rings (SSSR count). The van der Waals surface area contributed by atoms with Crippen LogP contribution in [0.25, 0.3) is 0 Å². The molecule has 25 heavy (non-hydrogen) atoms. The molecule has 7 heteroatoms. The van der Waals surface area contributed by atoms with Crippen LogP contribution in [0.3, 0.4) is 0 Å². The van der Waals surface area contributed by atoms with Gasteiger partial charge in [0, 0.05) is 5.57 Å².